The molecule has 0 amide bonds. The first-order chi connectivity index (χ1) is 8.85. The maximum Gasteiger partial charge on any atom is 0.141 e. The minimum Gasteiger partial charge on any atom is -0.330 e. The van der Waals surface area contributed by atoms with Crippen molar-refractivity contribution >= 4 is 0 Å². The van der Waals surface area contributed by atoms with E-state index < -0.39 is 0 Å². The molecule has 1 aliphatic heterocycles. The van der Waals surface area contributed by atoms with Gasteiger partial charge in [0, 0.05) is 12.6 Å². The van der Waals surface area contributed by atoms with Crippen molar-refractivity contribution in [2.75, 3.05) is 13.1 Å². The summed E-state index contributed by atoms with van der Waals surface area (Å²) in [7, 11) is 0. The molecule has 102 valence electrons. The number of piperidine rings is 1. The molecule has 5 heteroatoms. The van der Waals surface area contributed by atoms with E-state index in [1.165, 1.54) is 25.8 Å². The minimum atomic E-state index is 0.635. The molecular weight excluding hydrogens is 226 g/mol. The van der Waals surface area contributed by atoms with Gasteiger partial charge in [0.2, 0.25) is 0 Å². The maximum absolute atomic E-state index is 5.71. The fourth-order valence-corrected chi connectivity index (χ4v) is 2.78. The summed E-state index contributed by atoms with van der Waals surface area (Å²) in [5.74, 6) is 1.10. The predicted octanol–water partition coefficient (Wildman–Crippen LogP) is 1.39. The van der Waals surface area contributed by atoms with Crippen LogP contribution in [0.1, 0.15) is 44.9 Å². The highest BCUT2D eigenvalue weighted by Gasteiger charge is 2.23. The van der Waals surface area contributed by atoms with E-state index in [-0.39, 0.29) is 0 Å². The number of nitrogens with zero attached hydrogens (tertiary/aromatic N) is 4. The first-order valence-electron chi connectivity index (χ1n) is 7.16. The van der Waals surface area contributed by atoms with Crippen LogP contribution < -0.4 is 5.73 Å². The van der Waals surface area contributed by atoms with Gasteiger partial charge in [-0.05, 0) is 38.8 Å². The number of nitrogens with two attached hydrogens (primary N) is 1. The molecule has 0 radical (unpaired) electrons. The maximum atomic E-state index is 5.71. The standard InChI is InChI=1S/C13H25N5/c1-2-8-18-13(15-11-16-18)10-17-9-4-3-5-12(17)6-7-14/h11-12H,2-10,14H2,1H3. The Morgan fingerprint density at radius 3 is 3.11 bits per heavy atom. The molecule has 0 aromatic carbocycles. The highest BCUT2D eigenvalue weighted by molar-refractivity contribution is 4.88. The molecule has 0 spiro atoms. The van der Waals surface area contributed by atoms with Crippen LogP contribution in [-0.4, -0.2) is 38.8 Å². The van der Waals surface area contributed by atoms with E-state index in [2.05, 4.69) is 21.9 Å². The normalized spacial score (nSPS) is 21.3. The fourth-order valence-electron chi connectivity index (χ4n) is 2.78. The van der Waals surface area contributed by atoms with Crippen LogP contribution in [-0.2, 0) is 13.1 Å². The Labute approximate surface area is 109 Å². The van der Waals surface area contributed by atoms with Crippen molar-refractivity contribution in [1.82, 2.24) is 19.7 Å². The Bertz CT molecular complexity index is 347. The molecule has 0 aliphatic carbocycles. The van der Waals surface area contributed by atoms with Gasteiger partial charge < -0.3 is 5.73 Å². The lowest BCUT2D eigenvalue weighted by molar-refractivity contribution is 0.128. The second-order valence-electron chi connectivity index (χ2n) is 5.10. The third-order valence-corrected chi connectivity index (χ3v) is 3.72. The number of rotatable bonds is 6. The van der Waals surface area contributed by atoms with Crippen LogP contribution >= 0.6 is 0 Å². The minimum absolute atomic E-state index is 0.635. The molecule has 1 saturated heterocycles. The van der Waals surface area contributed by atoms with Crippen molar-refractivity contribution in [2.45, 2.75) is 58.2 Å². The van der Waals surface area contributed by atoms with Gasteiger partial charge in [-0.15, -0.1) is 0 Å². The zero-order chi connectivity index (χ0) is 12.8. The van der Waals surface area contributed by atoms with E-state index in [0.29, 0.717) is 6.04 Å². The smallest absolute Gasteiger partial charge is 0.141 e. The molecule has 1 aromatic rings. The van der Waals surface area contributed by atoms with E-state index in [1.807, 2.05) is 4.68 Å². The zero-order valence-corrected chi connectivity index (χ0v) is 11.4. The van der Waals surface area contributed by atoms with E-state index in [1.54, 1.807) is 6.33 Å². The van der Waals surface area contributed by atoms with Crippen LogP contribution in [0.4, 0.5) is 0 Å². The molecule has 1 fully saturated rings. The molecule has 1 atom stereocenters. The SMILES string of the molecule is CCCn1ncnc1CN1CCCCC1CCN. The lowest BCUT2D eigenvalue weighted by atomic mass is 9.99. The fraction of sp³-hybridized carbons (Fsp3) is 0.846. The molecule has 1 aromatic heterocycles. The largest absolute Gasteiger partial charge is 0.330 e. The van der Waals surface area contributed by atoms with Crippen LogP contribution in [0, 0.1) is 0 Å². The van der Waals surface area contributed by atoms with Crippen LogP contribution in [0.25, 0.3) is 0 Å². The van der Waals surface area contributed by atoms with Crippen molar-refractivity contribution in [2.24, 2.45) is 5.73 Å². The Morgan fingerprint density at radius 1 is 1.44 bits per heavy atom. The number of aromatic nitrogens is 3. The molecule has 2 rings (SSSR count). The number of hydrogen-bond donors (Lipinski definition) is 1. The molecular formula is C13H25N5. The molecule has 0 bridgehead atoms. The quantitative estimate of drug-likeness (QED) is 0.830. The highest BCUT2D eigenvalue weighted by atomic mass is 15.3. The summed E-state index contributed by atoms with van der Waals surface area (Å²) in [5.41, 5.74) is 5.71. The Hall–Kier alpha value is -0.940. The zero-order valence-electron chi connectivity index (χ0n) is 11.4. The molecule has 2 heterocycles. The molecule has 1 aliphatic rings. The van der Waals surface area contributed by atoms with Gasteiger partial charge in [0.1, 0.15) is 12.2 Å². The van der Waals surface area contributed by atoms with Crippen LogP contribution in [0.3, 0.4) is 0 Å². The summed E-state index contributed by atoms with van der Waals surface area (Å²) in [6.45, 7) is 6.01. The summed E-state index contributed by atoms with van der Waals surface area (Å²) >= 11 is 0. The van der Waals surface area contributed by atoms with Gasteiger partial charge in [0.05, 0.1) is 6.54 Å². The predicted molar refractivity (Wildman–Crippen MR) is 72.0 cm³/mol. The number of aryl methyl sites for hydroxylation is 1. The first-order valence-corrected chi connectivity index (χ1v) is 7.16. The van der Waals surface area contributed by atoms with Gasteiger partial charge in [0.15, 0.2) is 0 Å². The molecule has 18 heavy (non-hydrogen) atoms. The Kier molecular flexibility index (Phi) is 5.13. The summed E-state index contributed by atoms with van der Waals surface area (Å²) in [6.07, 6.45) is 7.78. The summed E-state index contributed by atoms with van der Waals surface area (Å²) in [4.78, 5) is 6.94. The van der Waals surface area contributed by atoms with Crippen LogP contribution in [0.5, 0.6) is 0 Å². The van der Waals surface area contributed by atoms with Crippen molar-refractivity contribution in [3.63, 3.8) is 0 Å². The van der Waals surface area contributed by atoms with E-state index >= 15 is 0 Å². The van der Waals surface area contributed by atoms with Gasteiger partial charge in [-0.2, -0.15) is 5.10 Å². The average molecular weight is 251 g/mol. The monoisotopic (exact) mass is 251 g/mol. The van der Waals surface area contributed by atoms with Crippen molar-refractivity contribution in [3.05, 3.63) is 12.2 Å². The van der Waals surface area contributed by atoms with Gasteiger partial charge in [-0.25, -0.2) is 9.67 Å². The lowest BCUT2D eigenvalue weighted by Crippen LogP contribution is -2.40. The van der Waals surface area contributed by atoms with E-state index in [9.17, 15) is 0 Å². The molecule has 0 saturated carbocycles. The number of hydrogen-bond acceptors (Lipinski definition) is 4. The third kappa shape index (κ3) is 3.29. The topological polar surface area (TPSA) is 60.0 Å². The third-order valence-electron chi connectivity index (χ3n) is 3.72. The first kappa shape index (κ1) is 13.5. The highest BCUT2D eigenvalue weighted by Crippen LogP contribution is 2.21. The Morgan fingerprint density at radius 2 is 2.33 bits per heavy atom. The van der Waals surface area contributed by atoms with Crippen LogP contribution in [0.15, 0.2) is 6.33 Å². The van der Waals surface area contributed by atoms with Gasteiger partial charge >= 0.3 is 0 Å². The van der Waals surface area contributed by atoms with Gasteiger partial charge in [0.25, 0.3) is 0 Å². The summed E-state index contributed by atoms with van der Waals surface area (Å²) in [6, 6.07) is 0.635. The molecule has 2 N–H and O–H groups in total. The lowest BCUT2D eigenvalue weighted by Gasteiger charge is -2.35. The molecule has 1 unspecified atom stereocenters. The van der Waals surface area contributed by atoms with Crippen molar-refractivity contribution in [1.29, 1.82) is 0 Å². The van der Waals surface area contributed by atoms with Crippen molar-refractivity contribution < 1.29 is 0 Å². The second kappa shape index (κ2) is 6.85. The summed E-state index contributed by atoms with van der Waals surface area (Å²) < 4.78 is 2.04. The Balaban J connectivity index is 1.99. The summed E-state index contributed by atoms with van der Waals surface area (Å²) in [5, 5.41) is 4.30. The molecule has 5 nitrogen and oxygen atoms in total. The van der Waals surface area contributed by atoms with Crippen LogP contribution in [0.2, 0.25) is 0 Å². The van der Waals surface area contributed by atoms with E-state index in [0.717, 1.165) is 38.3 Å². The van der Waals surface area contributed by atoms with Crippen molar-refractivity contribution in [3.8, 4) is 0 Å². The van der Waals surface area contributed by atoms with Gasteiger partial charge in [-0.3, -0.25) is 4.90 Å². The average Bonchev–Trinajstić information content (AvgIpc) is 2.80. The second-order valence-corrected chi connectivity index (χ2v) is 5.10. The van der Waals surface area contributed by atoms with E-state index in [4.69, 9.17) is 5.73 Å². The van der Waals surface area contributed by atoms with Gasteiger partial charge in [-0.1, -0.05) is 13.3 Å². The number of likely N-dealkylation sites (tertiary alicyclic amines) is 1.